The maximum absolute atomic E-state index is 11.1. The van der Waals surface area contributed by atoms with E-state index in [2.05, 4.69) is 0 Å². The molecule has 2 heterocycles. The number of ether oxygens (including phenoxy) is 1. The zero-order valence-corrected chi connectivity index (χ0v) is 7.20. The molecule has 0 saturated carbocycles. The molecule has 12 heavy (non-hydrogen) atoms. The van der Waals surface area contributed by atoms with Gasteiger partial charge >= 0.3 is 6.09 Å². The van der Waals surface area contributed by atoms with E-state index in [0.717, 1.165) is 0 Å². The molecule has 2 aliphatic heterocycles. The molecule has 0 aromatic heterocycles. The number of amides is 1. The summed E-state index contributed by atoms with van der Waals surface area (Å²) in [6, 6.07) is -0.00926. The Morgan fingerprint density at radius 2 is 2.50 bits per heavy atom. The number of aliphatic hydroxyl groups is 1. The molecule has 0 unspecified atom stereocenters. The van der Waals surface area contributed by atoms with Crippen molar-refractivity contribution in [2.45, 2.75) is 24.7 Å². The number of hydrogen-bond acceptors (Lipinski definition) is 3. The molecule has 0 aromatic carbocycles. The largest absolute Gasteiger partial charge is 0.443 e. The quantitative estimate of drug-likeness (QED) is 0.602. The predicted molar refractivity (Wildman–Crippen MR) is 42.1 cm³/mol. The van der Waals surface area contributed by atoms with E-state index in [9.17, 15) is 9.90 Å². The minimum absolute atomic E-state index is 0.00926. The lowest BCUT2D eigenvalue weighted by molar-refractivity contribution is 0.116. The summed E-state index contributed by atoms with van der Waals surface area (Å²) in [6.45, 7) is 0.386. The van der Waals surface area contributed by atoms with Crippen molar-refractivity contribution in [2.24, 2.45) is 0 Å². The zero-order chi connectivity index (χ0) is 8.72. The van der Waals surface area contributed by atoms with Crippen molar-refractivity contribution in [3.8, 4) is 0 Å². The SMILES string of the molecule is O=C1O[C@H](CCl)[C@H]2C[C@@H](O)CN12. The van der Waals surface area contributed by atoms with E-state index in [1.165, 1.54) is 0 Å². The van der Waals surface area contributed by atoms with Gasteiger partial charge in [0.2, 0.25) is 0 Å². The molecule has 0 spiro atoms. The molecule has 0 aromatic rings. The van der Waals surface area contributed by atoms with Gasteiger partial charge in [-0.2, -0.15) is 0 Å². The standard InChI is InChI=1S/C7H10ClNO3/c8-2-6-5-1-4(10)3-9(5)7(11)12-6/h4-6,10H,1-3H2/t4-,5-,6-/m1/s1. The summed E-state index contributed by atoms with van der Waals surface area (Å²) >= 11 is 5.60. The van der Waals surface area contributed by atoms with E-state index < -0.39 is 6.10 Å². The van der Waals surface area contributed by atoms with Gasteiger partial charge in [-0.15, -0.1) is 11.6 Å². The molecule has 4 nitrogen and oxygen atoms in total. The van der Waals surface area contributed by atoms with E-state index in [1.807, 2.05) is 0 Å². The van der Waals surface area contributed by atoms with Crippen molar-refractivity contribution in [3.05, 3.63) is 0 Å². The molecular weight excluding hydrogens is 182 g/mol. The molecule has 1 N–H and O–H groups in total. The smallest absolute Gasteiger partial charge is 0.410 e. The molecule has 0 bridgehead atoms. The third-order valence-electron chi connectivity index (χ3n) is 2.39. The van der Waals surface area contributed by atoms with E-state index in [4.69, 9.17) is 16.3 Å². The predicted octanol–water partition coefficient (Wildman–Crippen LogP) is 0.179. The highest BCUT2D eigenvalue weighted by Gasteiger charge is 2.47. The van der Waals surface area contributed by atoms with Gasteiger partial charge in [-0.05, 0) is 6.42 Å². The van der Waals surface area contributed by atoms with Gasteiger partial charge in [-0.25, -0.2) is 4.79 Å². The third-order valence-corrected chi connectivity index (χ3v) is 2.69. The zero-order valence-electron chi connectivity index (χ0n) is 6.44. The number of nitrogens with zero attached hydrogens (tertiary/aromatic N) is 1. The van der Waals surface area contributed by atoms with Crippen LogP contribution in [0.4, 0.5) is 4.79 Å². The van der Waals surface area contributed by atoms with Gasteiger partial charge < -0.3 is 9.84 Å². The summed E-state index contributed by atoms with van der Waals surface area (Å²) in [5.41, 5.74) is 0. The average molecular weight is 192 g/mol. The van der Waals surface area contributed by atoms with Gasteiger partial charge in [0.05, 0.1) is 24.6 Å². The second-order valence-electron chi connectivity index (χ2n) is 3.19. The van der Waals surface area contributed by atoms with Crippen LogP contribution in [0.2, 0.25) is 0 Å². The Morgan fingerprint density at radius 1 is 1.75 bits per heavy atom. The van der Waals surface area contributed by atoms with Crippen molar-refractivity contribution in [1.29, 1.82) is 0 Å². The van der Waals surface area contributed by atoms with Crippen molar-refractivity contribution in [2.75, 3.05) is 12.4 Å². The van der Waals surface area contributed by atoms with Crippen LogP contribution in [0.15, 0.2) is 0 Å². The van der Waals surface area contributed by atoms with Gasteiger partial charge in [-0.1, -0.05) is 0 Å². The highest BCUT2D eigenvalue weighted by atomic mass is 35.5. The summed E-state index contributed by atoms with van der Waals surface area (Å²) in [5, 5.41) is 9.27. The summed E-state index contributed by atoms with van der Waals surface area (Å²) in [4.78, 5) is 12.7. The van der Waals surface area contributed by atoms with Crippen LogP contribution in [0.5, 0.6) is 0 Å². The van der Waals surface area contributed by atoms with E-state index >= 15 is 0 Å². The number of hydrogen-bond donors (Lipinski definition) is 1. The molecule has 2 rings (SSSR count). The fraction of sp³-hybridized carbons (Fsp3) is 0.857. The molecule has 2 fully saturated rings. The number of carbonyl (C=O) groups is 1. The Balaban J connectivity index is 2.13. The fourth-order valence-electron chi connectivity index (χ4n) is 1.82. The van der Waals surface area contributed by atoms with Gasteiger partial charge in [0.15, 0.2) is 0 Å². The highest BCUT2D eigenvalue weighted by Crippen LogP contribution is 2.29. The normalized spacial score (nSPS) is 40.0. The lowest BCUT2D eigenvalue weighted by Gasteiger charge is -2.12. The maximum atomic E-state index is 11.1. The fourth-order valence-corrected chi connectivity index (χ4v) is 2.08. The molecule has 0 radical (unpaired) electrons. The Morgan fingerprint density at radius 3 is 3.17 bits per heavy atom. The number of alkyl halides is 1. The van der Waals surface area contributed by atoms with Crippen molar-refractivity contribution in [1.82, 2.24) is 4.90 Å². The first-order chi connectivity index (χ1) is 5.72. The minimum atomic E-state index is -0.409. The molecule has 3 atom stereocenters. The number of rotatable bonds is 1. The van der Waals surface area contributed by atoms with Crippen molar-refractivity contribution >= 4 is 17.7 Å². The number of fused-ring (bicyclic) bond motifs is 1. The molecule has 1 amide bonds. The molecule has 2 aliphatic rings. The molecule has 0 aliphatic carbocycles. The molecule has 5 heteroatoms. The van der Waals surface area contributed by atoms with Crippen LogP contribution in [0.25, 0.3) is 0 Å². The van der Waals surface area contributed by atoms with Crippen LogP contribution in [-0.4, -0.2) is 46.8 Å². The van der Waals surface area contributed by atoms with Crippen LogP contribution in [0.1, 0.15) is 6.42 Å². The number of cyclic esters (lactones) is 1. The van der Waals surface area contributed by atoms with Gasteiger partial charge in [0, 0.05) is 0 Å². The second-order valence-corrected chi connectivity index (χ2v) is 3.49. The first-order valence-electron chi connectivity index (χ1n) is 3.93. The minimum Gasteiger partial charge on any atom is -0.443 e. The van der Waals surface area contributed by atoms with Gasteiger partial charge in [0.1, 0.15) is 6.10 Å². The average Bonchev–Trinajstić information content (AvgIpc) is 2.52. The first-order valence-corrected chi connectivity index (χ1v) is 4.47. The molecule has 2 saturated heterocycles. The Labute approximate surface area is 75.0 Å². The number of aliphatic hydroxyl groups excluding tert-OH is 1. The summed E-state index contributed by atoms with van der Waals surface area (Å²) in [6.07, 6.45) is -0.407. The van der Waals surface area contributed by atoms with Gasteiger partial charge in [0.25, 0.3) is 0 Å². The lowest BCUT2D eigenvalue weighted by Crippen LogP contribution is -2.31. The van der Waals surface area contributed by atoms with Crippen LogP contribution < -0.4 is 0 Å². The summed E-state index contributed by atoms with van der Waals surface area (Å²) in [5.74, 6) is 0.305. The summed E-state index contributed by atoms with van der Waals surface area (Å²) in [7, 11) is 0. The van der Waals surface area contributed by atoms with E-state index in [-0.39, 0.29) is 18.2 Å². The van der Waals surface area contributed by atoms with Crippen LogP contribution >= 0.6 is 11.6 Å². The van der Waals surface area contributed by atoms with Crippen LogP contribution in [0.3, 0.4) is 0 Å². The number of carbonyl (C=O) groups excluding carboxylic acids is 1. The highest BCUT2D eigenvalue weighted by molar-refractivity contribution is 6.18. The van der Waals surface area contributed by atoms with Crippen molar-refractivity contribution < 1.29 is 14.6 Å². The Kier molecular flexibility index (Phi) is 1.88. The van der Waals surface area contributed by atoms with Crippen LogP contribution in [-0.2, 0) is 4.74 Å². The monoisotopic (exact) mass is 191 g/mol. The first kappa shape index (κ1) is 8.13. The Hall–Kier alpha value is -0.480. The van der Waals surface area contributed by atoms with Gasteiger partial charge in [-0.3, -0.25) is 4.90 Å². The number of halogens is 1. The second kappa shape index (κ2) is 2.78. The topological polar surface area (TPSA) is 49.8 Å². The Bertz CT molecular complexity index is 211. The van der Waals surface area contributed by atoms with Crippen molar-refractivity contribution in [3.63, 3.8) is 0 Å². The summed E-state index contributed by atoms with van der Waals surface area (Å²) < 4.78 is 4.97. The van der Waals surface area contributed by atoms with E-state index in [1.54, 1.807) is 4.90 Å². The van der Waals surface area contributed by atoms with Crippen LogP contribution in [0, 0.1) is 0 Å². The third kappa shape index (κ3) is 1.06. The maximum Gasteiger partial charge on any atom is 0.410 e. The molecule has 68 valence electrons. The lowest BCUT2D eigenvalue weighted by atomic mass is 10.1. The van der Waals surface area contributed by atoms with E-state index in [0.29, 0.717) is 18.8 Å². The molecular formula is C7H10ClNO3.